The molecule has 36 heavy (non-hydrogen) atoms. The van der Waals surface area contributed by atoms with Gasteiger partial charge in [0.05, 0.1) is 11.5 Å². The Kier molecular flexibility index (Phi) is 10.1. The van der Waals surface area contributed by atoms with Crippen molar-refractivity contribution in [3.05, 3.63) is 41.6 Å². The number of ether oxygens (including phenoxy) is 1. The first-order valence-corrected chi connectivity index (χ1v) is 14.3. The molecule has 1 aromatic rings. The number of allylic oxidation sites excluding steroid dienone is 2. The number of sulfonamides is 1. The zero-order valence-corrected chi connectivity index (χ0v) is 21.8. The third-order valence-electron chi connectivity index (χ3n) is 6.76. The SMILES string of the molecule is CCOC(=O)CN(CCc1ccc(S(N)(=O)=O)cc1)C(=O)CCCC(=O)N1CCCC2CCCC=C21. The average molecular weight is 520 g/mol. The molecule has 1 fully saturated rings. The average Bonchev–Trinajstić information content (AvgIpc) is 2.86. The number of amides is 2. The number of hydrogen-bond donors (Lipinski definition) is 1. The van der Waals surface area contributed by atoms with Crippen LogP contribution in [0.2, 0.25) is 0 Å². The number of carbonyl (C=O) groups excluding carboxylic acids is 3. The maximum Gasteiger partial charge on any atom is 0.325 e. The smallest absolute Gasteiger partial charge is 0.325 e. The normalized spacial score (nSPS) is 17.7. The molecule has 0 bridgehead atoms. The van der Waals surface area contributed by atoms with E-state index in [0.717, 1.165) is 37.8 Å². The number of rotatable bonds is 11. The Morgan fingerprint density at radius 3 is 2.53 bits per heavy atom. The van der Waals surface area contributed by atoms with Crippen LogP contribution in [0.1, 0.15) is 63.9 Å². The van der Waals surface area contributed by atoms with E-state index >= 15 is 0 Å². The molecule has 1 unspecified atom stereocenters. The Hall–Kier alpha value is -2.72. The second kappa shape index (κ2) is 13.0. The summed E-state index contributed by atoms with van der Waals surface area (Å²) in [6.07, 6.45) is 8.98. The highest BCUT2D eigenvalue weighted by Crippen LogP contribution is 2.35. The van der Waals surface area contributed by atoms with Crippen molar-refractivity contribution in [1.29, 1.82) is 0 Å². The molecule has 1 heterocycles. The van der Waals surface area contributed by atoms with E-state index in [9.17, 15) is 22.8 Å². The van der Waals surface area contributed by atoms with Crippen LogP contribution in [0.5, 0.6) is 0 Å². The molecule has 1 saturated heterocycles. The molecule has 0 radical (unpaired) electrons. The van der Waals surface area contributed by atoms with E-state index < -0.39 is 16.0 Å². The van der Waals surface area contributed by atoms with Gasteiger partial charge in [-0.15, -0.1) is 0 Å². The lowest BCUT2D eigenvalue weighted by Crippen LogP contribution is -2.39. The van der Waals surface area contributed by atoms with Crippen molar-refractivity contribution in [3.8, 4) is 0 Å². The van der Waals surface area contributed by atoms with Crippen molar-refractivity contribution in [2.75, 3.05) is 26.2 Å². The molecule has 1 aliphatic carbocycles. The molecule has 10 heteroatoms. The van der Waals surface area contributed by atoms with Crippen LogP contribution in [-0.4, -0.2) is 62.2 Å². The van der Waals surface area contributed by atoms with Crippen LogP contribution in [0.15, 0.2) is 40.9 Å². The molecule has 1 aromatic carbocycles. The molecule has 1 aliphatic heterocycles. The van der Waals surface area contributed by atoms with Crippen molar-refractivity contribution in [3.63, 3.8) is 0 Å². The van der Waals surface area contributed by atoms with E-state index in [1.165, 1.54) is 29.2 Å². The number of carbonyl (C=O) groups is 3. The van der Waals surface area contributed by atoms with E-state index in [2.05, 4.69) is 6.08 Å². The minimum Gasteiger partial charge on any atom is -0.465 e. The minimum absolute atomic E-state index is 0.0133. The summed E-state index contributed by atoms with van der Waals surface area (Å²) in [4.78, 5) is 41.3. The van der Waals surface area contributed by atoms with Gasteiger partial charge in [0, 0.05) is 31.6 Å². The van der Waals surface area contributed by atoms with Crippen LogP contribution in [0.4, 0.5) is 0 Å². The van der Waals surface area contributed by atoms with Gasteiger partial charge in [0.15, 0.2) is 0 Å². The maximum absolute atomic E-state index is 13.0. The highest BCUT2D eigenvalue weighted by molar-refractivity contribution is 7.89. The molecule has 0 aromatic heterocycles. The van der Waals surface area contributed by atoms with Gasteiger partial charge in [-0.2, -0.15) is 0 Å². The fourth-order valence-corrected chi connectivity index (χ4v) is 5.41. The molecule has 0 spiro atoms. The first-order valence-electron chi connectivity index (χ1n) is 12.7. The number of esters is 1. The molecule has 198 valence electrons. The van der Waals surface area contributed by atoms with Crippen molar-refractivity contribution >= 4 is 27.8 Å². The van der Waals surface area contributed by atoms with Crippen molar-refractivity contribution in [2.45, 2.75) is 69.6 Å². The molecule has 9 nitrogen and oxygen atoms in total. The van der Waals surface area contributed by atoms with Gasteiger partial charge in [0.2, 0.25) is 21.8 Å². The summed E-state index contributed by atoms with van der Waals surface area (Å²) >= 11 is 0. The lowest BCUT2D eigenvalue weighted by atomic mass is 9.85. The number of piperidine rings is 1. The molecule has 3 rings (SSSR count). The molecule has 2 aliphatic rings. The Bertz CT molecular complexity index is 1070. The summed E-state index contributed by atoms with van der Waals surface area (Å²) in [5.74, 6) is -0.162. The van der Waals surface area contributed by atoms with E-state index in [0.29, 0.717) is 18.8 Å². The molecule has 1 atom stereocenters. The van der Waals surface area contributed by atoms with Crippen molar-refractivity contribution in [2.24, 2.45) is 11.1 Å². The molecule has 2 amide bonds. The lowest BCUT2D eigenvalue weighted by molar-refractivity contribution is -0.149. The first-order chi connectivity index (χ1) is 17.2. The highest BCUT2D eigenvalue weighted by atomic mass is 32.2. The van der Waals surface area contributed by atoms with Crippen LogP contribution in [0.3, 0.4) is 0 Å². The van der Waals surface area contributed by atoms with E-state index in [1.807, 2.05) is 4.90 Å². The van der Waals surface area contributed by atoms with Gasteiger partial charge < -0.3 is 14.5 Å². The maximum atomic E-state index is 13.0. The van der Waals surface area contributed by atoms with Gasteiger partial charge in [0.1, 0.15) is 6.54 Å². The summed E-state index contributed by atoms with van der Waals surface area (Å²) in [5.41, 5.74) is 1.97. The van der Waals surface area contributed by atoms with Gasteiger partial charge in [-0.1, -0.05) is 18.2 Å². The molecular weight excluding hydrogens is 482 g/mol. The Balaban J connectivity index is 1.55. The predicted octanol–water partition coefficient (Wildman–Crippen LogP) is 2.74. The monoisotopic (exact) mass is 519 g/mol. The first kappa shape index (κ1) is 27.9. The zero-order chi connectivity index (χ0) is 26.1. The standard InChI is InChI=1S/C26H37N3O6S/c1-2-35-26(32)19-28(18-16-20-12-14-22(15-13-20)36(27,33)34)24(30)10-5-11-25(31)29-17-6-8-21-7-3-4-9-23(21)29/h9,12-15,21H,2-8,10-11,16-19H2,1H3,(H2,27,33,34). The van der Waals surface area contributed by atoms with Gasteiger partial charge >= 0.3 is 5.97 Å². The van der Waals surface area contributed by atoms with Crippen LogP contribution >= 0.6 is 0 Å². The largest absolute Gasteiger partial charge is 0.465 e. The zero-order valence-electron chi connectivity index (χ0n) is 21.0. The second-order valence-corrected chi connectivity index (χ2v) is 10.9. The number of nitrogens with two attached hydrogens (primary N) is 1. The van der Waals surface area contributed by atoms with E-state index in [-0.39, 0.29) is 49.2 Å². The Labute approximate surface area is 213 Å². The van der Waals surface area contributed by atoms with E-state index in [1.54, 1.807) is 19.1 Å². The number of primary sulfonamides is 1. The quantitative estimate of drug-likeness (QED) is 0.448. The van der Waals surface area contributed by atoms with Crippen LogP contribution in [0.25, 0.3) is 0 Å². The number of hydrogen-bond acceptors (Lipinski definition) is 6. The summed E-state index contributed by atoms with van der Waals surface area (Å²) in [7, 11) is -3.78. The summed E-state index contributed by atoms with van der Waals surface area (Å²) in [6, 6.07) is 6.11. The summed E-state index contributed by atoms with van der Waals surface area (Å²) in [6.45, 7) is 2.76. The van der Waals surface area contributed by atoms with Crippen LogP contribution in [0, 0.1) is 5.92 Å². The number of likely N-dealkylation sites (tertiary alicyclic amines) is 1. The number of nitrogens with zero attached hydrogens (tertiary/aromatic N) is 2. The second-order valence-electron chi connectivity index (χ2n) is 9.36. The Morgan fingerprint density at radius 1 is 1.11 bits per heavy atom. The topological polar surface area (TPSA) is 127 Å². The van der Waals surface area contributed by atoms with Crippen LogP contribution < -0.4 is 5.14 Å². The fraction of sp³-hybridized carbons (Fsp3) is 0.577. The third kappa shape index (κ3) is 7.89. The number of benzene rings is 1. The fourth-order valence-electron chi connectivity index (χ4n) is 4.89. The lowest BCUT2D eigenvalue weighted by Gasteiger charge is -2.38. The van der Waals surface area contributed by atoms with Gasteiger partial charge in [-0.05, 0) is 75.5 Å². The molecule has 0 saturated carbocycles. The predicted molar refractivity (Wildman–Crippen MR) is 135 cm³/mol. The highest BCUT2D eigenvalue weighted by Gasteiger charge is 2.30. The van der Waals surface area contributed by atoms with Crippen molar-refractivity contribution < 1.29 is 27.5 Å². The van der Waals surface area contributed by atoms with Crippen molar-refractivity contribution in [1.82, 2.24) is 9.80 Å². The van der Waals surface area contributed by atoms with Gasteiger partial charge in [-0.25, -0.2) is 13.6 Å². The minimum atomic E-state index is -3.78. The summed E-state index contributed by atoms with van der Waals surface area (Å²) in [5, 5.41) is 5.14. The molecular formula is C26H37N3O6S. The Morgan fingerprint density at radius 2 is 1.83 bits per heavy atom. The summed E-state index contributed by atoms with van der Waals surface area (Å²) < 4.78 is 27.9. The molecule has 2 N–H and O–H groups in total. The number of fused-ring (bicyclic) bond motifs is 1. The third-order valence-corrected chi connectivity index (χ3v) is 7.69. The van der Waals surface area contributed by atoms with Gasteiger partial charge in [0.25, 0.3) is 0 Å². The van der Waals surface area contributed by atoms with Crippen LogP contribution in [-0.2, 0) is 35.6 Å². The van der Waals surface area contributed by atoms with E-state index in [4.69, 9.17) is 9.88 Å². The van der Waals surface area contributed by atoms with Gasteiger partial charge in [-0.3, -0.25) is 14.4 Å².